The van der Waals surface area contributed by atoms with Crippen molar-refractivity contribution in [3.05, 3.63) is 74.0 Å². The molecule has 4 aromatic rings. The van der Waals surface area contributed by atoms with E-state index in [2.05, 4.69) is 70.6 Å². The number of hydrogen-bond donors (Lipinski definition) is 1. The average Bonchev–Trinajstić information content (AvgIpc) is 3.41. The molecule has 0 unspecified atom stereocenters. The number of rotatable bonds is 8. The standard InChI is InChI=1S/C23H28N6OS/c1-5-23(3,4)29-21(25-26-27-29)15-28(14-19-7-6-10-31-19)13-18-12-17-11-16(2)8-9-20(17)24-22(18)30/h6-12H,5,13-15H2,1-4H3,(H,24,30). The van der Waals surface area contributed by atoms with Gasteiger partial charge >= 0.3 is 0 Å². The van der Waals surface area contributed by atoms with Gasteiger partial charge in [0.1, 0.15) is 0 Å². The number of benzene rings is 1. The fraction of sp³-hybridized carbons (Fsp3) is 0.391. The van der Waals surface area contributed by atoms with E-state index in [0.29, 0.717) is 13.1 Å². The largest absolute Gasteiger partial charge is 0.322 e. The predicted molar refractivity (Wildman–Crippen MR) is 124 cm³/mol. The minimum absolute atomic E-state index is 0.0546. The Balaban J connectivity index is 1.67. The minimum Gasteiger partial charge on any atom is -0.322 e. The highest BCUT2D eigenvalue weighted by Crippen LogP contribution is 2.22. The molecule has 0 spiro atoms. The first-order valence-corrected chi connectivity index (χ1v) is 11.4. The van der Waals surface area contributed by atoms with Crippen LogP contribution in [0.15, 0.2) is 46.6 Å². The van der Waals surface area contributed by atoms with Crippen LogP contribution in [0.4, 0.5) is 0 Å². The molecule has 0 aliphatic rings. The van der Waals surface area contributed by atoms with Gasteiger partial charge in [-0.25, -0.2) is 4.68 Å². The quantitative estimate of drug-likeness (QED) is 0.447. The Bertz CT molecular complexity index is 1220. The maximum Gasteiger partial charge on any atom is 0.252 e. The highest BCUT2D eigenvalue weighted by atomic mass is 32.1. The number of nitrogens with zero attached hydrogens (tertiary/aromatic N) is 5. The van der Waals surface area contributed by atoms with Crippen LogP contribution in [0.3, 0.4) is 0 Å². The zero-order chi connectivity index (χ0) is 22.0. The number of aromatic nitrogens is 5. The highest BCUT2D eigenvalue weighted by molar-refractivity contribution is 7.09. The Morgan fingerprint density at radius 3 is 2.74 bits per heavy atom. The summed E-state index contributed by atoms with van der Waals surface area (Å²) < 4.78 is 1.91. The van der Waals surface area contributed by atoms with Crippen molar-refractivity contribution in [2.75, 3.05) is 0 Å². The number of pyridine rings is 1. The molecule has 3 heterocycles. The lowest BCUT2D eigenvalue weighted by Gasteiger charge is -2.26. The summed E-state index contributed by atoms with van der Waals surface area (Å²) in [5.41, 5.74) is 2.54. The van der Waals surface area contributed by atoms with E-state index in [4.69, 9.17) is 0 Å². The third-order valence-corrected chi connectivity index (χ3v) is 6.63. The van der Waals surface area contributed by atoms with Gasteiger partial charge in [0.2, 0.25) is 0 Å². The van der Waals surface area contributed by atoms with Gasteiger partial charge < -0.3 is 4.98 Å². The molecule has 8 heteroatoms. The normalized spacial score (nSPS) is 12.2. The Morgan fingerprint density at radius 2 is 2.00 bits per heavy atom. The topological polar surface area (TPSA) is 79.7 Å². The minimum atomic E-state index is -0.175. The van der Waals surface area contributed by atoms with Crippen LogP contribution in [0.1, 0.15) is 49.0 Å². The molecule has 1 N–H and O–H groups in total. The van der Waals surface area contributed by atoms with Gasteiger partial charge in [0.25, 0.3) is 5.56 Å². The monoisotopic (exact) mass is 436 g/mol. The summed E-state index contributed by atoms with van der Waals surface area (Å²) in [6, 6.07) is 12.2. The van der Waals surface area contributed by atoms with Crippen LogP contribution in [0, 0.1) is 6.92 Å². The molecule has 1 aromatic carbocycles. The Kier molecular flexibility index (Phi) is 6.02. The van der Waals surface area contributed by atoms with E-state index in [1.165, 1.54) is 10.4 Å². The SMILES string of the molecule is CCC(C)(C)n1nnnc1CN(Cc1cccs1)Cc1cc2cc(C)ccc2[nH]c1=O. The van der Waals surface area contributed by atoms with Crippen molar-refractivity contribution in [2.45, 2.75) is 59.3 Å². The Morgan fingerprint density at radius 1 is 1.16 bits per heavy atom. The first-order valence-electron chi connectivity index (χ1n) is 10.5. The van der Waals surface area contributed by atoms with Crippen LogP contribution in [-0.2, 0) is 25.2 Å². The van der Waals surface area contributed by atoms with Gasteiger partial charge in [-0.3, -0.25) is 9.69 Å². The zero-order valence-corrected chi connectivity index (χ0v) is 19.2. The summed E-state index contributed by atoms with van der Waals surface area (Å²) in [4.78, 5) is 19.3. The van der Waals surface area contributed by atoms with Crippen LogP contribution >= 0.6 is 11.3 Å². The number of H-pyrrole nitrogens is 1. The van der Waals surface area contributed by atoms with Crippen molar-refractivity contribution in [2.24, 2.45) is 0 Å². The van der Waals surface area contributed by atoms with Crippen molar-refractivity contribution in [3.63, 3.8) is 0 Å². The van der Waals surface area contributed by atoms with Gasteiger partial charge in [-0.05, 0) is 72.7 Å². The van der Waals surface area contributed by atoms with Crippen LogP contribution < -0.4 is 5.56 Å². The third-order valence-electron chi connectivity index (χ3n) is 5.77. The van der Waals surface area contributed by atoms with Gasteiger partial charge in [0.15, 0.2) is 5.82 Å². The first kappa shape index (κ1) is 21.4. The number of thiophene rings is 1. The number of tetrazole rings is 1. The molecule has 3 aromatic heterocycles. The Hall–Kier alpha value is -2.84. The van der Waals surface area contributed by atoms with Crippen molar-refractivity contribution >= 4 is 22.2 Å². The molecule has 0 atom stereocenters. The molecule has 0 saturated heterocycles. The molecule has 0 amide bonds. The van der Waals surface area contributed by atoms with E-state index < -0.39 is 0 Å². The molecule has 4 rings (SSSR count). The summed E-state index contributed by atoms with van der Waals surface area (Å²) in [7, 11) is 0. The summed E-state index contributed by atoms with van der Waals surface area (Å²) in [6.07, 6.45) is 0.916. The van der Waals surface area contributed by atoms with Gasteiger partial charge in [-0.15, -0.1) is 16.4 Å². The summed E-state index contributed by atoms with van der Waals surface area (Å²) >= 11 is 1.71. The maximum atomic E-state index is 12.8. The van der Waals surface area contributed by atoms with Gasteiger partial charge in [-0.1, -0.05) is 24.6 Å². The average molecular weight is 437 g/mol. The van der Waals surface area contributed by atoms with E-state index in [9.17, 15) is 4.79 Å². The molecule has 162 valence electrons. The number of aromatic amines is 1. The smallest absolute Gasteiger partial charge is 0.252 e. The fourth-order valence-electron chi connectivity index (χ4n) is 3.64. The molecular weight excluding hydrogens is 408 g/mol. The molecule has 0 aliphatic heterocycles. The molecular formula is C23H28N6OS. The fourth-order valence-corrected chi connectivity index (χ4v) is 4.39. The highest BCUT2D eigenvalue weighted by Gasteiger charge is 2.25. The molecule has 0 radical (unpaired) electrons. The lowest BCUT2D eigenvalue weighted by molar-refractivity contribution is 0.218. The van der Waals surface area contributed by atoms with Crippen molar-refractivity contribution < 1.29 is 0 Å². The van der Waals surface area contributed by atoms with Crippen LogP contribution in [0.2, 0.25) is 0 Å². The van der Waals surface area contributed by atoms with E-state index in [1.807, 2.05) is 28.9 Å². The summed E-state index contributed by atoms with van der Waals surface area (Å²) in [5.74, 6) is 0.802. The summed E-state index contributed by atoms with van der Waals surface area (Å²) in [6.45, 7) is 10.2. The second-order valence-electron chi connectivity index (χ2n) is 8.61. The van der Waals surface area contributed by atoms with E-state index >= 15 is 0 Å². The Labute approximate surface area is 185 Å². The van der Waals surface area contributed by atoms with Crippen molar-refractivity contribution in [3.8, 4) is 0 Å². The predicted octanol–water partition coefficient (Wildman–Crippen LogP) is 4.23. The van der Waals surface area contributed by atoms with Crippen molar-refractivity contribution in [1.82, 2.24) is 30.1 Å². The number of fused-ring (bicyclic) bond motifs is 1. The van der Waals surface area contributed by atoms with Crippen LogP contribution in [-0.4, -0.2) is 30.1 Å². The second-order valence-corrected chi connectivity index (χ2v) is 9.64. The first-order chi connectivity index (χ1) is 14.9. The van der Waals surface area contributed by atoms with E-state index in [0.717, 1.165) is 35.3 Å². The van der Waals surface area contributed by atoms with E-state index in [-0.39, 0.29) is 11.1 Å². The lowest BCUT2D eigenvalue weighted by atomic mass is 10.0. The number of aryl methyl sites for hydroxylation is 1. The molecule has 7 nitrogen and oxygen atoms in total. The lowest BCUT2D eigenvalue weighted by Crippen LogP contribution is -2.32. The van der Waals surface area contributed by atoms with Gasteiger partial charge in [-0.2, -0.15) is 0 Å². The molecule has 0 aliphatic carbocycles. The maximum absolute atomic E-state index is 12.8. The van der Waals surface area contributed by atoms with Crippen LogP contribution in [0.5, 0.6) is 0 Å². The van der Waals surface area contributed by atoms with E-state index in [1.54, 1.807) is 11.3 Å². The number of nitrogens with one attached hydrogen (secondary N) is 1. The van der Waals surface area contributed by atoms with Gasteiger partial charge in [0, 0.05) is 29.0 Å². The van der Waals surface area contributed by atoms with Crippen LogP contribution in [0.25, 0.3) is 10.9 Å². The second kappa shape index (κ2) is 8.72. The third kappa shape index (κ3) is 4.75. The summed E-state index contributed by atoms with van der Waals surface area (Å²) in [5, 5.41) is 15.6. The van der Waals surface area contributed by atoms with Gasteiger partial charge in [0.05, 0.1) is 12.1 Å². The molecule has 31 heavy (non-hydrogen) atoms. The molecule has 0 fully saturated rings. The molecule has 0 saturated carbocycles. The number of hydrogen-bond acceptors (Lipinski definition) is 6. The molecule has 0 bridgehead atoms. The van der Waals surface area contributed by atoms with Crippen molar-refractivity contribution in [1.29, 1.82) is 0 Å². The zero-order valence-electron chi connectivity index (χ0n) is 18.4.